The highest BCUT2D eigenvalue weighted by Crippen LogP contribution is 2.29. The van der Waals surface area contributed by atoms with Gasteiger partial charge in [-0.1, -0.05) is 6.07 Å². The zero-order chi connectivity index (χ0) is 14.0. The Morgan fingerprint density at radius 3 is 2.58 bits per heavy atom. The molecule has 6 heteroatoms. The Bertz CT molecular complexity index is 631. The number of nitro benzene ring substituents is 1. The van der Waals surface area contributed by atoms with Crippen LogP contribution in [0.2, 0.25) is 0 Å². The molecular formula is C13H12FN3O2. The van der Waals surface area contributed by atoms with E-state index in [4.69, 9.17) is 5.73 Å². The lowest BCUT2D eigenvalue weighted by Crippen LogP contribution is -2.10. The first kappa shape index (κ1) is 12.8. The number of hydrogen-bond donors (Lipinski definition) is 1. The van der Waals surface area contributed by atoms with E-state index in [0.717, 1.165) is 0 Å². The summed E-state index contributed by atoms with van der Waals surface area (Å²) in [5.41, 5.74) is 6.93. The molecule has 0 saturated carbocycles. The SMILES string of the molecule is CN(c1cccc(F)c1)c1cc(N)cc([N+](=O)[O-])c1. The Balaban J connectivity index is 2.43. The lowest BCUT2D eigenvalue weighted by molar-refractivity contribution is -0.384. The number of non-ortho nitro benzene ring substituents is 1. The summed E-state index contributed by atoms with van der Waals surface area (Å²) in [7, 11) is 1.69. The molecule has 0 unspecified atom stereocenters. The van der Waals surface area contributed by atoms with Crippen molar-refractivity contribution in [3.8, 4) is 0 Å². The number of nitrogen functional groups attached to an aromatic ring is 1. The molecule has 0 saturated heterocycles. The Hall–Kier alpha value is -2.63. The van der Waals surface area contributed by atoms with Crippen LogP contribution in [0.25, 0.3) is 0 Å². The minimum Gasteiger partial charge on any atom is -0.398 e. The van der Waals surface area contributed by atoms with Gasteiger partial charge in [-0.15, -0.1) is 0 Å². The van der Waals surface area contributed by atoms with Crippen molar-refractivity contribution in [3.63, 3.8) is 0 Å². The monoisotopic (exact) mass is 261 g/mol. The third-order valence-corrected chi connectivity index (χ3v) is 2.72. The summed E-state index contributed by atoms with van der Waals surface area (Å²) < 4.78 is 13.2. The second-order valence-corrected chi connectivity index (χ2v) is 4.08. The molecule has 5 nitrogen and oxygen atoms in total. The van der Waals surface area contributed by atoms with Crippen molar-refractivity contribution in [3.05, 3.63) is 58.4 Å². The molecule has 0 amide bonds. The van der Waals surface area contributed by atoms with E-state index in [0.29, 0.717) is 11.4 Å². The molecule has 0 spiro atoms. The lowest BCUT2D eigenvalue weighted by atomic mass is 10.2. The average Bonchev–Trinajstić information content (AvgIpc) is 2.37. The molecule has 2 aromatic carbocycles. The van der Waals surface area contributed by atoms with Crippen molar-refractivity contribution in [1.82, 2.24) is 0 Å². The second kappa shape index (κ2) is 4.93. The summed E-state index contributed by atoms with van der Waals surface area (Å²) in [5, 5.41) is 10.8. The van der Waals surface area contributed by atoms with Crippen LogP contribution in [0, 0.1) is 15.9 Å². The van der Waals surface area contributed by atoms with E-state index in [9.17, 15) is 14.5 Å². The molecule has 0 atom stereocenters. The summed E-state index contributed by atoms with van der Waals surface area (Å²) in [6.45, 7) is 0. The average molecular weight is 261 g/mol. The number of anilines is 3. The van der Waals surface area contributed by atoms with Crippen molar-refractivity contribution in [2.24, 2.45) is 0 Å². The minimum absolute atomic E-state index is 0.0988. The van der Waals surface area contributed by atoms with Gasteiger partial charge < -0.3 is 10.6 Å². The summed E-state index contributed by atoms with van der Waals surface area (Å²) in [6.07, 6.45) is 0. The van der Waals surface area contributed by atoms with Crippen LogP contribution < -0.4 is 10.6 Å². The molecule has 2 N–H and O–H groups in total. The molecule has 2 rings (SSSR count). The maximum Gasteiger partial charge on any atom is 0.273 e. The van der Waals surface area contributed by atoms with E-state index in [1.165, 1.54) is 24.3 Å². The van der Waals surface area contributed by atoms with Gasteiger partial charge in [-0.25, -0.2) is 4.39 Å². The molecule has 0 aromatic heterocycles. The second-order valence-electron chi connectivity index (χ2n) is 4.08. The molecule has 0 bridgehead atoms. The molecule has 0 fully saturated rings. The summed E-state index contributed by atoms with van der Waals surface area (Å²) in [5.74, 6) is -0.372. The molecule has 98 valence electrons. The fourth-order valence-electron chi connectivity index (χ4n) is 1.75. The third-order valence-electron chi connectivity index (χ3n) is 2.72. The van der Waals surface area contributed by atoms with Crippen LogP contribution in [0.3, 0.4) is 0 Å². The summed E-state index contributed by atoms with van der Waals surface area (Å²) in [6, 6.07) is 10.2. The predicted octanol–water partition coefficient (Wildman–Crippen LogP) is 3.08. The van der Waals surface area contributed by atoms with E-state index in [1.807, 2.05) is 0 Å². The molecule has 2 aromatic rings. The first-order valence-electron chi connectivity index (χ1n) is 5.51. The maximum absolute atomic E-state index is 13.2. The smallest absolute Gasteiger partial charge is 0.273 e. The number of halogens is 1. The highest BCUT2D eigenvalue weighted by molar-refractivity contribution is 5.69. The van der Waals surface area contributed by atoms with Gasteiger partial charge in [0.1, 0.15) is 5.82 Å². The van der Waals surface area contributed by atoms with Gasteiger partial charge in [0, 0.05) is 36.2 Å². The minimum atomic E-state index is -0.515. The van der Waals surface area contributed by atoms with Gasteiger partial charge in [0.2, 0.25) is 0 Å². The zero-order valence-corrected chi connectivity index (χ0v) is 10.2. The first-order chi connectivity index (χ1) is 8.97. The molecule has 0 radical (unpaired) electrons. The van der Waals surface area contributed by atoms with Crippen LogP contribution in [-0.4, -0.2) is 12.0 Å². The topological polar surface area (TPSA) is 72.4 Å². The zero-order valence-electron chi connectivity index (χ0n) is 10.2. The molecule has 0 aliphatic carbocycles. The molecule has 0 aliphatic heterocycles. The Labute approximate surface area is 109 Å². The Kier molecular flexibility index (Phi) is 3.33. The number of hydrogen-bond acceptors (Lipinski definition) is 4. The van der Waals surface area contributed by atoms with Crippen LogP contribution in [0.15, 0.2) is 42.5 Å². The van der Waals surface area contributed by atoms with E-state index >= 15 is 0 Å². The van der Waals surface area contributed by atoms with Crippen molar-refractivity contribution in [1.29, 1.82) is 0 Å². The van der Waals surface area contributed by atoms with E-state index in [1.54, 1.807) is 30.1 Å². The van der Waals surface area contributed by atoms with Crippen LogP contribution in [0.5, 0.6) is 0 Å². The van der Waals surface area contributed by atoms with E-state index in [2.05, 4.69) is 0 Å². The Morgan fingerprint density at radius 2 is 1.95 bits per heavy atom. The van der Waals surface area contributed by atoms with Crippen LogP contribution in [0.4, 0.5) is 27.1 Å². The highest BCUT2D eigenvalue weighted by Gasteiger charge is 2.12. The predicted molar refractivity (Wildman–Crippen MR) is 72.0 cm³/mol. The number of rotatable bonds is 3. The van der Waals surface area contributed by atoms with Gasteiger partial charge in [0.05, 0.1) is 4.92 Å². The summed E-state index contributed by atoms with van der Waals surface area (Å²) >= 11 is 0. The highest BCUT2D eigenvalue weighted by atomic mass is 19.1. The molecule has 0 aliphatic rings. The van der Waals surface area contributed by atoms with Crippen molar-refractivity contribution in [2.45, 2.75) is 0 Å². The molecule has 19 heavy (non-hydrogen) atoms. The Morgan fingerprint density at radius 1 is 1.21 bits per heavy atom. The number of nitrogens with two attached hydrogens (primary N) is 1. The molecular weight excluding hydrogens is 249 g/mol. The maximum atomic E-state index is 13.2. The number of benzene rings is 2. The fraction of sp³-hybridized carbons (Fsp3) is 0.0769. The van der Waals surface area contributed by atoms with Gasteiger partial charge in [-0.2, -0.15) is 0 Å². The van der Waals surface area contributed by atoms with Gasteiger partial charge in [0.25, 0.3) is 5.69 Å². The van der Waals surface area contributed by atoms with Crippen LogP contribution >= 0.6 is 0 Å². The fourth-order valence-corrected chi connectivity index (χ4v) is 1.75. The summed E-state index contributed by atoms with van der Waals surface area (Å²) in [4.78, 5) is 11.9. The lowest BCUT2D eigenvalue weighted by Gasteiger charge is -2.19. The van der Waals surface area contributed by atoms with Gasteiger partial charge in [-0.05, 0) is 24.3 Å². The normalized spacial score (nSPS) is 10.2. The molecule has 0 heterocycles. The number of nitro groups is 1. The van der Waals surface area contributed by atoms with Gasteiger partial charge in [-0.3, -0.25) is 10.1 Å². The first-order valence-corrected chi connectivity index (χ1v) is 5.51. The van der Waals surface area contributed by atoms with E-state index in [-0.39, 0.29) is 17.2 Å². The van der Waals surface area contributed by atoms with Crippen molar-refractivity contribution >= 4 is 22.7 Å². The van der Waals surface area contributed by atoms with Gasteiger partial charge in [0.15, 0.2) is 0 Å². The van der Waals surface area contributed by atoms with Crippen LogP contribution in [-0.2, 0) is 0 Å². The largest absolute Gasteiger partial charge is 0.398 e. The quantitative estimate of drug-likeness (QED) is 0.523. The van der Waals surface area contributed by atoms with Crippen molar-refractivity contribution < 1.29 is 9.31 Å². The van der Waals surface area contributed by atoms with Crippen LogP contribution in [0.1, 0.15) is 0 Å². The standard InChI is InChI=1S/C13H12FN3O2/c1-16(11-4-2-3-9(14)5-11)12-6-10(15)7-13(8-12)17(18)19/h2-8H,15H2,1H3. The van der Waals surface area contributed by atoms with Crippen molar-refractivity contribution in [2.75, 3.05) is 17.7 Å². The van der Waals surface area contributed by atoms with E-state index < -0.39 is 4.92 Å². The van der Waals surface area contributed by atoms with Gasteiger partial charge >= 0.3 is 0 Å². The third kappa shape index (κ3) is 2.79. The number of nitrogens with zero attached hydrogens (tertiary/aromatic N) is 2.